The highest BCUT2D eigenvalue weighted by atomic mass is 79.9. The summed E-state index contributed by atoms with van der Waals surface area (Å²) in [5.74, 6) is 0. The zero-order valence-electron chi connectivity index (χ0n) is 10.2. The summed E-state index contributed by atoms with van der Waals surface area (Å²) in [6, 6.07) is 8.14. The van der Waals surface area contributed by atoms with Gasteiger partial charge in [0.05, 0.1) is 5.10 Å². The van der Waals surface area contributed by atoms with Crippen molar-refractivity contribution in [3.8, 4) is 5.69 Å². The third-order valence-corrected chi connectivity index (χ3v) is 3.21. The summed E-state index contributed by atoms with van der Waals surface area (Å²) in [7, 11) is 0. The Bertz CT molecular complexity index is 759. The average Bonchev–Trinajstić information content (AvgIpc) is 2.39. The van der Waals surface area contributed by atoms with Crippen LogP contribution in [0.1, 0.15) is 5.56 Å². The summed E-state index contributed by atoms with van der Waals surface area (Å²) in [5, 5.41) is 9.36. The highest BCUT2D eigenvalue weighted by Gasteiger charge is 2.27. The van der Waals surface area contributed by atoms with Crippen LogP contribution in [0.15, 0.2) is 52.2 Å². The van der Waals surface area contributed by atoms with E-state index >= 15 is 0 Å². The molecule has 0 aliphatic rings. The van der Waals surface area contributed by atoms with Gasteiger partial charge in [-0.15, -0.1) is 0 Å². The van der Waals surface area contributed by atoms with Crippen molar-refractivity contribution >= 4 is 27.5 Å². The highest BCUT2D eigenvalue weighted by Crippen LogP contribution is 2.32. The third-order valence-electron chi connectivity index (χ3n) is 2.53. The van der Waals surface area contributed by atoms with Crippen LogP contribution in [0, 0.1) is 10.1 Å². The molecule has 2 rings (SSSR count). The van der Waals surface area contributed by atoms with E-state index < -0.39 is 16.0 Å². The van der Waals surface area contributed by atoms with Gasteiger partial charge in [0.15, 0.2) is 5.03 Å². The van der Waals surface area contributed by atoms with Gasteiger partial charge in [-0.05, 0) is 51.8 Å². The second-order valence-corrected chi connectivity index (χ2v) is 5.35. The van der Waals surface area contributed by atoms with E-state index in [0.717, 1.165) is 6.07 Å². The first-order valence-corrected chi connectivity index (χ1v) is 6.69. The lowest BCUT2D eigenvalue weighted by Crippen LogP contribution is -2.20. The van der Waals surface area contributed by atoms with Crippen LogP contribution in [0.2, 0.25) is 0 Å². The average molecular weight is 379 g/mol. The molecule has 9 heteroatoms. The third kappa shape index (κ3) is 3.85. The molecule has 0 amide bonds. The van der Waals surface area contributed by atoms with Gasteiger partial charge in [-0.25, -0.2) is 10.1 Å². The molecule has 0 saturated carbocycles. The number of benzene rings is 1. The molecule has 0 radical (unpaired) electrons. The van der Waals surface area contributed by atoms with Gasteiger partial charge < -0.3 is 0 Å². The number of halogens is 4. The van der Waals surface area contributed by atoms with Crippen molar-refractivity contribution in [2.24, 2.45) is 5.10 Å². The van der Waals surface area contributed by atoms with Crippen LogP contribution in [0.3, 0.4) is 0 Å². The van der Waals surface area contributed by atoms with Crippen LogP contribution in [0.25, 0.3) is 5.69 Å². The van der Waals surface area contributed by atoms with Crippen LogP contribution >= 0.6 is 27.5 Å². The number of hydrogen-bond acceptors (Lipinski definition) is 2. The van der Waals surface area contributed by atoms with E-state index in [2.05, 4.69) is 21.0 Å². The predicted octanol–water partition coefficient (Wildman–Crippen LogP) is 3.62. The monoisotopic (exact) mass is 377 g/mol. The largest absolute Gasteiger partial charge is 0.348 e. The van der Waals surface area contributed by atoms with E-state index in [1.54, 1.807) is 6.07 Å². The van der Waals surface area contributed by atoms with E-state index in [-0.39, 0.29) is 11.2 Å². The summed E-state index contributed by atoms with van der Waals surface area (Å²) in [6.45, 7) is 0. The lowest BCUT2D eigenvalue weighted by Gasteiger charge is -2.12. The Balaban J connectivity index is 2.67. The predicted molar refractivity (Wildman–Crippen MR) is 75.8 cm³/mol. The Morgan fingerprint density at radius 3 is 2.67 bits per heavy atom. The molecule has 110 valence electrons. The Hall–Kier alpha value is -1.80. The molecular formula is C12H7BrClF2N3O2. The van der Waals surface area contributed by atoms with Crippen molar-refractivity contribution in [2.75, 3.05) is 0 Å². The van der Waals surface area contributed by atoms with Crippen molar-refractivity contribution in [1.29, 1.82) is 0 Å². The van der Waals surface area contributed by atoms with Crippen LogP contribution < -0.4 is 5.49 Å². The summed E-state index contributed by atoms with van der Waals surface area (Å²) in [4.78, 5) is 10.5. The second-order valence-electron chi connectivity index (χ2n) is 3.96. The molecule has 0 atom stereocenters. The Morgan fingerprint density at radius 2 is 2.05 bits per heavy atom. The minimum Gasteiger partial charge on any atom is -0.296 e. The van der Waals surface area contributed by atoms with Crippen molar-refractivity contribution in [3.05, 3.63) is 68.2 Å². The minimum atomic E-state index is -3.52. The molecule has 5 nitrogen and oxygen atoms in total. The maximum atomic E-state index is 13.2. The SMILES string of the molecule is O=[N+]([O-])N=c1ccc(Br)cn1-c1cccc(C(F)(F)Cl)c1. The molecule has 0 bridgehead atoms. The topological polar surface area (TPSA) is 60.4 Å². The maximum Gasteiger partial charge on any atom is 0.348 e. The number of rotatable bonds is 3. The van der Waals surface area contributed by atoms with Crippen molar-refractivity contribution in [1.82, 2.24) is 4.57 Å². The molecule has 1 heterocycles. The fourth-order valence-corrected chi connectivity index (χ4v) is 2.13. The molecule has 0 fully saturated rings. The molecule has 0 aliphatic carbocycles. The summed E-state index contributed by atoms with van der Waals surface area (Å²) in [6.07, 6.45) is 1.48. The number of nitro groups is 1. The van der Waals surface area contributed by atoms with Gasteiger partial charge in [0, 0.05) is 21.9 Å². The molecule has 1 aromatic heterocycles. The zero-order valence-corrected chi connectivity index (χ0v) is 12.6. The maximum absolute atomic E-state index is 13.2. The Kier molecular flexibility index (Phi) is 4.38. The lowest BCUT2D eigenvalue weighted by molar-refractivity contribution is -0.490. The summed E-state index contributed by atoms with van der Waals surface area (Å²) in [5.41, 5.74) is -0.158. The number of aromatic nitrogens is 1. The Morgan fingerprint density at radius 1 is 1.33 bits per heavy atom. The van der Waals surface area contributed by atoms with E-state index in [0.29, 0.717) is 4.47 Å². The molecule has 21 heavy (non-hydrogen) atoms. The molecule has 1 aromatic carbocycles. The minimum absolute atomic E-state index is 0.0155. The van der Waals surface area contributed by atoms with Gasteiger partial charge in [0.1, 0.15) is 0 Å². The first kappa shape index (κ1) is 15.6. The van der Waals surface area contributed by atoms with E-state index in [1.807, 2.05) is 0 Å². The second kappa shape index (κ2) is 5.90. The molecule has 0 spiro atoms. The summed E-state index contributed by atoms with van der Waals surface area (Å²) >= 11 is 8.20. The van der Waals surface area contributed by atoms with Crippen molar-refractivity contribution in [2.45, 2.75) is 5.38 Å². The van der Waals surface area contributed by atoms with Gasteiger partial charge in [0.2, 0.25) is 5.49 Å². The fraction of sp³-hybridized carbons (Fsp3) is 0.0833. The van der Waals surface area contributed by atoms with Crippen LogP contribution in [0.5, 0.6) is 0 Å². The standard InChI is InChI=1S/C12H7BrClF2N3O2/c13-9-4-5-11(17-19(20)21)18(7-9)10-3-1-2-8(6-10)12(14,15)16/h1-7H. The molecule has 0 unspecified atom stereocenters. The summed E-state index contributed by atoms with van der Waals surface area (Å²) < 4.78 is 28.2. The lowest BCUT2D eigenvalue weighted by atomic mass is 10.2. The van der Waals surface area contributed by atoms with E-state index in [9.17, 15) is 18.9 Å². The van der Waals surface area contributed by atoms with Gasteiger partial charge in [-0.2, -0.15) is 8.78 Å². The van der Waals surface area contributed by atoms with Crippen molar-refractivity contribution in [3.63, 3.8) is 0 Å². The molecular weight excluding hydrogens is 372 g/mol. The first-order valence-electron chi connectivity index (χ1n) is 5.52. The smallest absolute Gasteiger partial charge is 0.296 e. The normalized spacial score (nSPS) is 12.5. The van der Waals surface area contributed by atoms with Crippen LogP contribution in [0.4, 0.5) is 8.78 Å². The first-order chi connectivity index (χ1) is 9.77. The molecule has 0 saturated heterocycles. The number of hydrogen-bond donors (Lipinski definition) is 0. The van der Waals surface area contributed by atoms with Gasteiger partial charge >= 0.3 is 5.38 Å². The molecule has 0 aliphatic heterocycles. The highest BCUT2D eigenvalue weighted by molar-refractivity contribution is 9.10. The fourth-order valence-electron chi connectivity index (χ4n) is 1.67. The molecule has 2 aromatic rings. The van der Waals surface area contributed by atoms with E-state index in [1.165, 1.54) is 35.0 Å². The zero-order chi connectivity index (χ0) is 15.6. The van der Waals surface area contributed by atoms with Crippen LogP contribution in [-0.4, -0.2) is 9.60 Å². The quantitative estimate of drug-likeness (QED) is 0.465. The van der Waals surface area contributed by atoms with Crippen molar-refractivity contribution < 1.29 is 13.8 Å². The number of nitrogens with zero attached hydrogens (tertiary/aromatic N) is 3. The number of alkyl halides is 3. The molecule has 0 N–H and O–H groups in total. The Labute approximate surface area is 130 Å². The van der Waals surface area contributed by atoms with Gasteiger partial charge in [0.25, 0.3) is 0 Å². The van der Waals surface area contributed by atoms with Gasteiger partial charge in [-0.1, -0.05) is 12.1 Å². The van der Waals surface area contributed by atoms with E-state index in [4.69, 9.17) is 11.6 Å². The van der Waals surface area contributed by atoms with Crippen LogP contribution in [-0.2, 0) is 5.38 Å². The number of pyridine rings is 1. The van der Waals surface area contributed by atoms with Gasteiger partial charge in [-0.3, -0.25) is 4.57 Å².